The zero-order valence-corrected chi connectivity index (χ0v) is 19.6. The van der Waals surface area contributed by atoms with Crippen molar-refractivity contribution in [3.05, 3.63) is 23.4 Å². The molecule has 1 fully saturated rings. The number of carboxylic acid groups (broad SMARTS) is 1. The van der Waals surface area contributed by atoms with Crippen molar-refractivity contribution in [1.29, 1.82) is 0 Å². The molecule has 2 aliphatic rings. The molecule has 3 rings (SSSR count). The number of nitrogens with one attached hydrogen (secondary N) is 2. The van der Waals surface area contributed by atoms with Crippen LogP contribution in [0.3, 0.4) is 0 Å². The Morgan fingerprint density at radius 2 is 1.88 bits per heavy atom. The fraction of sp³-hybridized carbons (Fsp3) is 0.720. The van der Waals surface area contributed by atoms with Crippen LogP contribution >= 0.6 is 0 Å². The third kappa shape index (κ3) is 7.47. The first-order valence-electron chi connectivity index (χ1n) is 12.3. The van der Waals surface area contributed by atoms with Gasteiger partial charge in [-0.15, -0.1) is 0 Å². The molecule has 0 aliphatic carbocycles. The Hall–Kier alpha value is -2.15. The van der Waals surface area contributed by atoms with E-state index in [1.807, 2.05) is 13.8 Å². The van der Waals surface area contributed by atoms with E-state index in [1.54, 1.807) is 0 Å². The maximum absolute atomic E-state index is 12.6. The third-order valence-electron chi connectivity index (χ3n) is 6.56. The summed E-state index contributed by atoms with van der Waals surface area (Å²) >= 11 is 0. The van der Waals surface area contributed by atoms with Crippen molar-refractivity contribution in [2.24, 2.45) is 5.92 Å². The van der Waals surface area contributed by atoms with Crippen LogP contribution in [0, 0.1) is 5.92 Å². The maximum Gasteiger partial charge on any atom is 0.326 e. The summed E-state index contributed by atoms with van der Waals surface area (Å²) < 4.78 is 5.68. The van der Waals surface area contributed by atoms with Crippen LogP contribution in [0.5, 0.6) is 0 Å². The number of ether oxygens (including phenoxy) is 1. The van der Waals surface area contributed by atoms with E-state index in [0.29, 0.717) is 19.3 Å². The highest BCUT2D eigenvalue weighted by molar-refractivity contribution is 5.85. The Balaban J connectivity index is 1.31. The first-order chi connectivity index (χ1) is 15.4. The lowest BCUT2D eigenvalue weighted by atomic mass is 9.91. The maximum atomic E-state index is 12.6. The molecule has 0 aromatic carbocycles. The summed E-state index contributed by atoms with van der Waals surface area (Å²) in [5.41, 5.74) is 2.46. The van der Waals surface area contributed by atoms with Crippen LogP contribution in [0.4, 0.5) is 5.82 Å². The Morgan fingerprint density at radius 1 is 1.16 bits per heavy atom. The lowest BCUT2D eigenvalue weighted by Crippen LogP contribution is -2.46. The van der Waals surface area contributed by atoms with Gasteiger partial charge in [-0.2, -0.15) is 0 Å². The molecule has 0 spiro atoms. The molecule has 1 aromatic rings. The molecule has 1 saturated heterocycles. The van der Waals surface area contributed by atoms with Crippen molar-refractivity contribution < 1.29 is 19.4 Å². The van der Waals surface area contributed by atoms with Gasteiger partial charge in [0.25, 0.3) is 0 Å². The summed E-state index contributed by atoms with van der Waals surface area (Å²) in [6.07, 6.45) is 10.2. The Morgan fingerprint density at radius 3 is 2.62 bits per heavy atom. The molecule has 1 aromatic heterocycles. The fourth-order valence-corrected chi connectivity index (χ4v) is 4.86. The quantitative estimate of drug-likeness (QED) is 0.444. The van der Waals surface area contributed by atoms with Crippen LogP contribution in [-0.2, 0) is 27.2 Å². The highest BCUT2D eigenvalue weighted by atomic mass is 16.5. The molecule has 178 valence electrons. The van der Waals surface area contributed by atoms with Crippen LogP contribution in [-0.4, -0.2) is 46.8 Å². The van der Waals surface area contributed by atoms with E-state index in [4.69, 9.17) is 9.72 Å². The van der Waals surface area contributed by atoms with E-state index in [-0.39, 0.29) is 24.0 Å². The molecular weight excluding hydrogens is 406 g/mol. The number of carboxylic acids is 1. The molecule has 0 radical (unpaired) electrons. The predicted molar refractivity (Wildman–Crippen MR) is 125 cm³/mol. The van der Waals surface area contributed by atoms with E-state index in [1.165, 1.54) is 12.0 Å². The molecular formula is C25H39N3O4. The summed E-state index contributed by atoms with van der Waals surface area (Å²) in [6.45, 7) is 4.93. The standard InChI is InChI=1S/C25H39N3O4/c1-17-15-20(16-18(2)32-17)24(29)28-22(25(30)31)11-7-5-3-4-6-10-21-13-12-19-9-8-14-26-23(19)27-21/h12-13,17-18,20,22H,3-11,14-16H2,1-2H3,(H,26,27)(H,28,29)(H,30,31)/t17-,18+,20?,22-/m0/s1. The number of fused-ring (bicyclic) bond motifs is 1. The minimum Gasteiger partial charge on any atom is -0.480 e. The molecule has 1 amide bonds. The average molecular weight is 446 g/mol. The summed E-state index contributed by atoms with van der Waals surface area (Å²) in [5.74, 6) is -0.201. The van der Waals surface area contributed by atoms with Gasteiger partial charge in [0.2, 0.25) is 5.91 Å². The topological polar surface area (TPSA) is 101 Å². The van der Waals surface area contributed by atoms with Gasteiger partial charge >= 0.3 is 5.97 Å². The zero-order valence-electron chi connectivity index (χ0n) is 19.6. The lowest BCUT2D eigenvalue weighted by Gasteiger charge is -2.31. The number of unbranched alkanes of at least 4 members (excludes halogenated alkanes) is 4. The van der Waals surface area contributed by atoms with Gasteiger partial charge in [-0.25, -0.2) is 9.78 Å². The molecule has 7 nitrogen and oxygen atoms in total. The van der Waals surface area contributed by atoms with Gasteiger partial charge in [-0.1, -0.05) is 31.7 Å². The highest BCUT2D eigenvalue weighted by Crippen LogP contribution is 2.25. The van der Waals surface area contributed by atoms with Crippen molar-refractivity contribution in [3.8, 4) is 0 Å². The number of carbonyl (C=O) groups is 2. The van der Waals surface area contributed by atoms with E-state index >= 15 is 0 Å². The minimum atomic E-state index is -0.946. The number of amides is 1. The van der Waals surface area contributed by atoms with Crippen molar-refractivity contribution in [1.82, 2.24) is 10.3 Å². The molecule has 0 bridgehead atoms. The van der Waals surface area contributed by atoms with Crippen LogP contribution in [0.25, 0.3) is 0 Å². The van der Waals surface area contributed by atoms with Crippen LogP contribution in [0.1, 0.15) is 82.9 Å². The van der Waals surface area contributed by atoms with Crippen LogP contribution in [0.15, 0.2) is 12.1 Å². The third-order valence-corrected chi connectivity index (χ3v) is 6.56. The lowest BCUT2D eigenvalue weighted by molar-refractivity contribution is -0.144. The largest absolute Gasteiger partial charge is 0.480 e. The number of aliphatic carboxylic acids is 1. The minimum absolute atomic E-state index is 0.0329. The predicted octanol–water partition coefficient (Wildman–Crippen LogP) is 4.10. The number of anilines is 1. The molecule has 32 heavy (non-hydrogen) atoms. The number of carbonyl (C=O) groups excluding carboxylic acids is 1. The number of nitrogens with zero attached hydrogens (tertiary/aromatic N) is 1. The van der Waals surface area contributed by atoms with Gasteiger partial charge in [-0.05, 0) is 70.4 Å². The van der Waals surface area contributed by atoms with Crippen LogP contribution in [0.2, 0.25) is 0 Å². The van der Waals surface area contributed by atoms with Crippen molar-refractivity contribution in [2.75, 3.05) is 11.9 Å². The Bertz CT molecular complexity index is 760. The molecule has 3 heterocycles. The summed E-state index contributed by atoms with van der Waals surface area (Å²) in [4.78, 5) is 28.9. The molecule has 4 atom stereocenters. The Labute approximate surface area is 191 Å². The average Bonchev–Trinajstić information content (AvgIpc) is 2.76. The molecule has 7 heteroatoms. The summed E-state index contributed by atoms with van der Waals surface area (Å²) in [6, 6.07) is 3.54. The Kier molecular flexibility index (Phi) is 9.33. The first-order valence-corrected chi connectivity index (χ1v) is 12.3. The van der Waals surface area contributed by atoms with E-state index in [2.05, 4.69) is 22.8 Å². The molecule has 1 unspecified atom stereocenters. The first kappa shape index (κ1) is 24.5. The second-order valence-corrected chi connectivity index (χ2v) is 9.47. The molecule has 0 saturated carbocycles. The smallest absolute Gasteiger partial charge is 0.326 e. The van der Waals surface area contributed by atoms with Gasteiger partial charge in [-0.3, -0.25) is 4.79 Å². The van der Waals surface area contributed by atoms with Crippen molar-refractivity contribution >= 4 is 17.7 Å². The van der Waals surface area contributed by atoms with Gasteiger partial charge in [0, 0.05) is 18.2 Å². The fourth-order valence-electron chi connectivity index (χ4n) is 4.86. The van der Waals surface area contributed by atoms with Crippen LogP contribution < -0.4 is 10.6 Å². The van der Waals surface area contributed by atoms with Gasteiger partial charge in [0.15, 0.2) is 0 Å². The van der Waals surface area contributed by atoms with Crippen molar-refractivity contribution in [2.45, 2.75) is 103 Å². The molecule has 3 N–H and O–H groups in total. The van der Waals surface area contributed by atoms with E-state index in [9.17, 15) is 14.7 Å². The second-order valence-electron chi connectivity index (χ2n) is 9.47. The summed E-state index contributed by atoms with van der Waals surface area (Å²) in [7, 11) is 0. The number of pyridine rings is 1. The second kappa shape index (κ2) is 12.2. The van der Waals surface area contributed by atoms with E-state index in [0.717, 1.165) is 63.0 Å². The number of hydrogen-bond donors (Lipinski definition) is 3. The number of hydrogen-bond acceptors (Lipinski definition) is 5. The zero-order chi connectivity index (χ0) is 22.9. The summed E-state index contributed by atoms with van der Waals surface area (Å²) in [5, 5.41) is 15.7. The van der Waals surface area contributed by atoms with E-state index < -0.39 is 12.0 Å². The normalized spacial score (nSPS) is 23.6. The monoisotopic (exact) mass is 445 g/mol. The highest BCUT2D eigenvalue weighted by Gasteiger charge is 2.31. The van der Waals surface area contributed by atoms with Gasteiger partial charge in [0.1, 0.15) is 11.9 Å². The molecule has 2 aliphatic heterocycles. The number of aryl methyl sites for hydroxylation is 2. The number of rotatable bonds is 11. The SMILES string of the molecule is C[C@@H]1CC(C(=O)N[C@@H](CCCCCCCc2ccc3c(n2)NCCC3)C(=O)O)C[C@H](C)O1. The van der Waals surface area contributed by atoms with Gasteiger partial charge in [0.05, 0.1) is 12.2 Å². The van der Waals surface area contributed by atoms with Gasteiger partial charge < -0.3 is 20.5 Å². The number of aromatic nitrogens is 1. The van der Waals surface area contributed by atoms with Crippen molar-refractivity contribution in [3.63, 3.8) is 0 Å².